The second-order valence-electron chi connectivity index (χ2n) is 5.64. The van der Waals surface area contributed by atoms with Gasteiger partial charge >= 0.3 is 0 Å². The smallest absolute Gasteiger partial charge is 0.154 e. The zero-order valence-electron chi connectivity index (χ0n) is 13.4. The van der Waals surface area contributed by atoms with E-state index in [0.717, 1.165) is 46.3 Å². The second kappa shape index (κ2) is 6.91. The summed E-state index contributed by atoms with van der Waals surface area (Å²) in [5.41, 5.74) is 3.90. The van der Waals surface area contributed by atoms with Gasteiger partial charge in [0.2, 0.25) is 0 Å². The van der Waals surface area contributed by atoms with Crippen LogP contribution >= 0.6 is 11.6 Å². The molecule has 0 aliphatic rings. The van der Waals surface area contributed by atoms with Crippen LogP contribution < -0.4 is 5.32 Å². The first-order chi connectivity index (χ1) is 12.3. The predicted octanol–water partition coefficient (Wildman–Crippen LogP) is 4.10. The van der Waals surface area contributed by atoms with E-state index >= 15 is 0 Å². The Kier molecular flexibility index (Phi) is 4.31. The van der Waals surface area contributed by atoms with Crippen molar-refractivity contribution in [2.45, 2.75) is 6.42 Å². The maximum Gasteiger partial charge on any atom is 0.154 e. The molecule has 4 rings (SSSR count). The molecule has 0 aliphatic carbocycles. The molecular formula is C19H16ClN5. The average Bonchev–Trinajstić information content (AvgIpc) is 3.07. The molecule has 0 bridgehead atoms. The van der Waals surface area contributed by atoms with Crippen molar-refractivity contribution in [2.75, 3.05) is 11.9 Å². The van der Waals surface area contributed by atoms with E-state index in [1.165, 1.54) is 0 Å². The van der Waals surface area contributed by atoms with E-state index in [0.29, 0.717) is 0 Å². The number of anilines is 1. The summed E-state index contributed by atoms with van der Waals surface area (Å²) in [7, 11) is 0. The summed E-state index contributed by atoms with van der Waals surface area (Å²) in [6, 6.07) is 15.7. The quantitative estimate of drug-likeness (QED) is 0.589. The average molecular weight is 350 g/mol. The first-order valence-corrected chi connectivity index (χ1v) is 8.41. The Balaban J connectivity index is 1.54. The van der Waals surface area contributed by atoms with Gasteiger partial charge in [0, 0.05) is 29.5 Å². The molecule has 3 heterocycles. The summed E-state index contributed by atoms with van der Waals surface area (Å²) < 4.78 is 1.84. The fraction of sp³-hybridized carbons (Fsp3) is 0.105. The molecule has 124 valence electrons. The Morgan fingerprint density at radius 1 is 1.00 bits per heavy atom. The number of hydrogen-bond donors (Lipinski definition) is 1. The molecule has 0 spiro atoms. The number of pyridine rings is 1. The molecule has 0 saturated heterocycles. The summed E-state index contributed by atoms with van der Waals surface area (Å²) in [6.45, 7) is 0.752. The number of fused-ring (bicyclic) bond motifs is 1. The maximum absolute atomic E-state index is 6.20. The minimum Gasteiger partial charge on any atom is -0.368 e. The van der Waals surface area contributed by atoms with Gasteiger partial charge in [0.25, 0.3) is 0 Å². The van der Waals surface area contributed by atoms with E-state index < -0.39 is 0 Å². The van der Waals surface area contributed by atoms with Crippen LogP contribution in [0, 0.1) is 0 Å². The number of aromatic nitrogens is 4. The standard InChI is InChI=1S/C19H16ClN5/c20-16-4-2-1-3-14(16)9-12-22-18-5-6-19-23-13-17(25(19)24-18)15-7-10-21-11-8-15/h1-8,10-11,13H,9,12H2,(H,22,24). The van der Waals surface area contributed by atoms with Crippen LogP contribution in [0.4, 0.5) is 5.82 Å². The number of hydrogen-bond acceptors (Lipinski definition) is 4. The van der Waals surface area contributed by atoms with Crippen molar-refractivity contribution >= 4 is 23.1 Å². The normalized spacial score (nSPS) is 10.9. The number of rotatable bonds is 5. The molecular weight excluding hydrogens is 334 g/mol. The highest BCUT2D eigenvalue weighted by Crippen LogP contribution is 2.20. The zero-order chi connectivity index (χ0) is 17.1. The molecule has 1 N–H and O–H groups in total. The first kappa shape index (κ1) is 15.6. The van der Waals surface area contributed by atoms with Crippen molar-refractivity contribution in [3.63, 3.8) is 0 Å². The summed E-state index contributed by atoms with van der Waals surface area (Å²) >= 11 is 6.20. The molecule has 0 atom stereocenters. The highest BCUT2D eigenvalue weighted by Gasteiger charge is 2.08. The predicted molar refractivity (Wildman–Crippen MR) is 99.9 cm³/mol. The van der Waals surface area contributed by atoms with Gasteiger partial charge in [-0.05, 0) is 42.3 Å². The molecule has 0 saturated carbocycles. The number of nitrogens with one attached hydrogen (secondary N) is 1. The number of benzene rings is 1. The highest BCUT2D eigenvalue weighted by atomic mass is 35.5. The summed E-state index contributed by atoms with van der Waals surface area (Å²) in [6.07, 6.45) is 6.19. The van der Waals surface area contributed by atoms with Crippen LogP contribution in [0.15, 0.2) is 67.1 Å². The van der Waals surface area contributed by atoms with Crippen LogP contribution in [0.5, 0.6) is 0 Å². The fourth-order valence-electron chi connectivity index (χ4n) is 2.71. The lowest BCUT2D eigenvalue weighted by atomic mass is 10.1. The Hall–Kier alpha value is -2.92. The molecule has 0 unspecified atom stereocenters. The van der Waals surface area contributed by atoms with E-state index in [4.69, 9.17) is 11.6 Å². The van der Waals surface area contributed by atoms with Gasteiger partial charge in [0.05, 0.1) is 11.9 Å². The van der Waals surface area contributed by atoms with Gasteiger partial charge in [-0.25, -0.2) is 9.50 Å². The van der Waals surface area contributed by atoms with E-state index in [-0.39, 0.29) is 0 Å². The maximum atomic E-state index is 6.20. The third kappa shape index (κ3) is 3.32. The molecule has 4 aromatic rings. The third-order valence-corrected chi connectivity index (χ3v) is 4.37. The molecule has 5 nitrogen and oxygen atoms in total. The Morgan fingerprint density at radius 3 is 2.68 bits per heavy atom. The van der Waals surface area contributed by atoms with Gasteiger partial charge in [-0.3, -0.25) is 4.98 Å². The van der Waals surface area contributed by atoms with Crippen molar-refractivity contribution < 1.29 is 0 Å². The van der Waals surface area contributed by atoms with Gasteiger partial charge in [0.1, 0.15) is 5.82 Å². The summed E-state index contributed by atoms with van der Waals surface area (Å²) in [5, 5.41) is 8.80. The first-order valence-electron chi connectivity index (χ1n) is 8.04. The lowest BCUT2D eigenvalue weighted by Crippen LogP contribution is -2.08. The Morgan fingerprint density at radius 2 is 1.84 bits per heavy atom. The summed E-state index contributed by atoms with van der Waals surface area (Å²) in [4.78, 5) is 8.47. The second-order valence-corrected chi connectivity index (χ2v) is 6.04. The molecule has 0 fully saturated rings. The topological polar surface area (TPSA) is 55.1 Å². The van der Waals surface area contributed by atoms with Gasteiger partial charge in [-0.15, -0.1) is 5.10 Å². The monoisotopic (exact) mass is 349 g/mol. The van der Waals surface area contributed by atoms with Crippen LogP contribution in [0.25, 0.3) is 16.9 Å². The summed E-state index contributed by atoms with van der Waals surface area (Å²) in [5.74, 6) is 0.799. The van der Waals surface area contributed by atoms with E-state index in [2.05, 4.69) is 20.4 Å². The minimum atomic E-state index is 0.752. The van der Waals surface area contributed by atoms with E-state index in [1.807, 2.05) is 59.2 Å². The molecule has 25 heavy (non-hydrogen) atoms. The largest absolute Gasteiger partial charge is 0.368 e. The minimum absolute atomic E-state index is 0.752. The van der Waals surface area contributed by atoms with Crippen LogP contribution in [0.3, 0.4) is 0 Å². The molecule has 1 aromatic carbocycles. The van der Waals surface area contributed by atoms with Crippen molar-refractivity contribution in [3.05, 3.63) is 77.7 Å². The van der Waals surface area contributed by atoms with Crippen molar-refractivity contribution in [1.82, 2.24) is 19.6 Å². The van der Waals surface area contributed by atoms with Crippen LogP contribution in [0.2, 0.25) is 5.02 Å². The lowest BCUT2D eigenvalue weighted by Gasteiger charge is -2.08. The molecule has 0 aliphatic heterocycles. The molecule has 3 aromatic heterocycles. The van der Waals surface area contributed by atoms with E-state index in [9.17, 15) is 0 Å². The SMILES string of the molecule is Clc1ccccc1CCNc1ccc2ncc(-c3ccncc3)n2n1. The Bertz CT molecular complexity index is 997. The number of imidazole rings is 1. The highest BCUT2D eigenvalue weighted by molar-refractivity contribution is 6.31. The van der Waals surface area contributed by atoms with Crippen LogP contribution in [0.1, 0.15) is 5.56 Å². The van der Waals surface area contributed by atoms with Crippen LogP contribution in [-0.4, -0.2) is 26.1 Å². The van der Waals surface area contributed by atoms with Crippen LogP contribution in [-0.2, 0) is 6.42 Å². The Labute approximate surface area is 150 Å². The zero-order valence-corrected chi connectivity index (χ0v) is 14.2. The van der Waals surface area contributed by atoms with Crippen molar-refractivity contribution in [2.24, 2.45) is 0 Å². The molecule has 6 heteroatoms. The van der Waals surface area contributed by atoms with Gasteiger partial charge < -0.3 is 5.32 Å². The van der Waals surface area contributed by atoms with Crippen molar-refractivity contribution in [1.29, 1.82) is 0 Å². The number of halogens is 1. The van der Waals surface area contributed by atoms with Gasteiger partial charge in [0.15, 0.2) is 5.65 Å². The molecule has 0 amide bonds. The number of nitrogens with zero attached hydrogens (tertiary/aromatic N) is 4. The fourth-order valence-corrected chi connectivity index (χ4v) is 2.94. The lowest BCUT2D eigenvalue weighted by molar-refractivity contribution is 0.920. The molecule has 0 radical (unpaired) electrons. The van der Waals surface area contributed by atoms with Gasteiger partial charge in [-0.1, -0.05) is 29.8 Å². The third-order valence-electron chi connectivity index (χ3n) is 4.00. The van der Waals surface area contributed by atoms with E-state index in [1.54, 1.807) is 12.4 Å². The van der Waals surface area contributed by atoms with Gasteiger partial charge in [-0.2, -0.15) is 0 Å². The van der Waals surface area contributed by atoms with Crippen molar-refractivity contribution in [3.8, 4) is 11.3 Å².